The quantitative estimate of drug-likeness (QED) is 0.561. The number of aromatic nitrogens is 1. The maximum absolute atomic E-state index is 12.3. The molecule has 0 unspecified atom stereocenters. The molecular formula is C15H10BrClN2OS2. The number of fused-ring (bicyclic) bond motifs is 1. The molecular weight excluding hydrogens is 404 g/mol. The van der Waals surface area contributed by atoms with Gasteiger partial charge in [-0.05, 0) is 42.7 Å². The Kier molecular flexibility index (Phi) is 4.73. The molecule has 22 heavy (non-hydrogen) atoms. The normalized spacial score (nSPS) is 10.9. The molecule has 0 aliphatic rings. The molecule has 1 amide bonds. The minimum absolute atomic E-state index is 0.268. The van der Waals surface area contributed by atoms with Crippen molar-refractivity contribution in [1.82, 2.24) is 4.98 Å². The molecule has 7 heteroatoms. The number of rotatable bonds is 3. The standard InChI is InChI=1S/C15H10BrClN2OS2/c1-21-9-3-5-12-13(7-9)22-15(18-12)19-14(20)10-6-8(16)2-4-11(10)17/h2-7H,1H3,(H,18,19,20). The van der Waals surface area contributed by atoms with Crippen LogP contribution in [0.5, 0.6) is 0 Å². The lowest BCUT2D eigenvalue weighted by molar-refractivity contribution is 0.102. The molecule has 1 N–H and O–H groups in total. The first kappa shape index (κ1) is 15.8. The molecule has 3 nitrogen and oxygen atoms in total. The van der Waals surface area contributed by atoms with E-state index >= 15 is 0 Å². The molecule has 1 heterocycles. The second kappa shape index (κ2) is 6.58. The first-order chi connectivity index (χ1) is 10.6. The van der Waals surface area contributed by atoms with Crippen LogP contribution in [0.4, 0.5) is 5.13 Å². The molecule has 112 valence electrons. The fraction of sp³-hybridized carbons (Fsp3) is 0.0667. The highest BCUT2D eigenvalue weighted by atomic mass is 79.9. The Morgan fingerprint density at radius 1 is 1.32 bits per heavy atom. The second-order valence-corrected chi connectivity index (χ2v) is 7.66. The topological polar surface area (TPSA) is 42.0 Å². The largest absolute Gasteiger partial charge is 0.298 e. The number of benzene rings is 2. The monoisotopic (exact) mass is 412 g/mol. The summed E-state index contributed by atoms with van der Waals surface area (Å²) in [4.78, 5) is 17.9. The van der Waals surface area contributed by atoms with Crippen LogP contribution < -0.4 is 5.32 Å². The van der Waals surface area contributed by atoms with Crippen molar-refractivity contribution >= 4 is 71.9 Å². The number of hydrogen-bond acceptors (Lipinski definition) is 4. The van der Waals surface area contributed by atoms with Gasteiger partial charge >= 0.3 is 0 Å². The highest BCUT2D eigenvalue weighted by Crippen LogP contribution is 2.30. The van der Waals surface area contributed by atoms with E-state index < -0.39 is 0 Å². The number of anilines is 1. The summed E-state index contributed by atoms with van der Waals surface area (Å²) in [6.45, 7) is 0. The van der Waals surface area contributed by atoms with Crippen LogP contribution in [0.2, 0.25) is 5.02 Å². The molecule has 3 rings (SSSR count). The Morgan fingerprint density at radius 2 is 2.14 bits per heavy atom. The van der Waals surface area contributed by atoms with Gasteiger partial charge in [0.15, 0.2) is 5.13 Å². The van der Waals surface area contributed by atoms with Crippen LogP contribution in [0.3, 0.4) is 0 Å². The van der Waals surface area contributed by atoms with Crippen LogP contribution >= 0.6 is 50.6 Å². The number of thioether (sulfide) groups is 1. The Labute approximate surface area is 149 Å². The van der Waals surface area contributed by atoms with Crippen LogP contribution in [-0.4, -0.2) is 17.1 Å². The number of halogens is 2. The fourth-order valence-corrected chi connectivity index (χ4v) is 3.90. The zero-order valence-corrected chi connectivity index (χ0v) is 15.4. The van der Waals surface area contributed by atoms with Crippen molar-refractivity contribution in [3.8, 4) is 0 Å². The smallest absolute Gasteiger partial charge is 0.258 e. The third kappa shape index (κ3) is 3.30. The molecule has 0 aliphatic heterocycles. The molecule has 0 aliphatic carbocycles. The summed E-state index contributed by atoms with van der Waals surface area (Å²) in [5, 5.41) is 3.78. The van der Waals surface area contributed by atoms with Crippen molar-refractivity contribution < 1.29 is 4.79 Å². The summed E-state index contributed by atoms with van der Waals surface area (Å²) in [7, 11) is 0. The fourth-order valence-electron chi connectivity index (χ4n) is 1.92. The van der Waals surface area contributed by atoms with Gasteiger partial charge in [0.05, 0.1) is 20.8 Å². The molecule has 0 spiro atoms. The first-order valence-corrected chi connectivity index (χ1v) is 9.49. The van der Waals surface area contributed by atoms with Gasteiger partial charge in [-0.2, -0.15) is 0 Å². The first-order valence-electron chi connectivity index (χ1n) is 6.28. The molecule has 0 bridgehead atoms. The van der Waals surface area contributed by atoms with Crippen molar-refractivity contribution in [3.63, 3.8) is 0 Å². The van der Waals surface area contributed by atoms with Crippen LogP contribution in [0.25, 0.3) is 10.2 Å². The number of nitrogens with zero attached hydrogens (tertiary/aromatic N) is 1. The number of amides is 1. The van der Waals surface area contributed by atoms with Crippen LogP contribution in [-0.2, 0) is 0 Å². The van der Waals surface area contributed by atoms with Crippen LogP contribution in [0, 0.1) is 0 Å². The van der Waals surface area contributed by atoms with Gasteiger partial charge in [0.25, 0.3) is 5.91 Å². The third-order valence-electron chi connectivity index (χ3n) is 2.99. The van der Waals surface area contributed by atoms with E-state index in [0.717, 1.165) is 14.7 Å². The molecule has 0 saturated carbocycles. The van der Waals surface area contributed by atoms with Crippen LogP contribution in [0.15, 0.2) is 45.8 Å². The van der Waals surface area contributed by atoms with Gasteiger partial charge in [-0.3, -0.25) is 10.1 Å². The highest BCUT2D eigenvalue weighted by molar-refractivity contribution is 9.10. The third-order valence-corrected chi connectivity index (χ3v) is 5.47. The lowest BCUT2D eigenvalue weighted by Crippen LogP contribution is -2.12. The highest BCUT2D eigenvalue weighted by Gasteiger charge is 2.13. The van der Waals surface area contributed by atoms with Crippen molar-refractivity contribution in [2.24, 2.45) is 0 Å². The Morgan fingerprint density at radius 3 is 2.91 bits per heavy atom. The lowest BCUT2D eigenvalue weighted by atomic mass is 10.2. The van der Waals surface area contributed by atoms with Gasteiger partial charge in [0, 0.05) is 9.37 Å². The minimum Gasteiger partial charge on any atom is -0.298 e. The Bertz CT molecular complexity index is 866. The van der Waals surface area contributed by atoms with Gasteiger partial charge in [0.1, 0.15) is 0 Å². The van der Waals surface area contributed by atoms with E-state index in [1.54, 1.807) is 30.0 Å². The number of hydrogen-bond donors (Lipinski definition) is 1. The molecule has 1 aromatic heterocycles. The molecule has 2 aromatic carbocycles. The van der Waals surface area contributed by atoms with E-state index in [1.165, 1.54) is 16.2 Å². The molecule has 3 aromatic rings. The lowest BCUT2D eigenvalue weighted by Gasteiger charge is -2.04. The maximum Gasteiger partial charge on any atom is 0.258 e. The van der Waals surface area contributed by atoms with Gasteiger partial charge in [-0.1, -0.05) is 38.9 Å². The van der Waals surface area contributed by atoms with Crippen molar-refractivity contribution in [3.05, 3.63) is 51.5 Å². The molecule has 0 radical (unpaired) electrons. The van der Waals surface area contributed by atoms with Gasteiger partial charge in [-0.25, -0.2) is 4.98 Å². The number of nitrogens with one attached hydrogen (secondary N) is 1. The van der Waals surface area contributed by atoms with E-state index in [2.05, 4.69) is 32.3 Å². The zero-order chi connectivity index (χ0) is 15.7. The summed E-state index contributed by atoms with van der Waals surface area (Å²) in [5.74, 6) is -0.268. The summed E-state index contributed by atoms with van der Waals surface area (Å²) >= 11 is 12.5. The number of carbonyl (C=O) groups excluding carboxylic acids is 1. The van der Waals surface area contributed by atoms with E-state index in [9.17, 15) is 4.79 Å². The number of thiazole rings is 1. The van der Waals surface area contributed by atoms with E-state index in [0.29, 0.717) is 15.7 Å². The summed E-state index contributed by atoms with van der Waals surface area (Å²) in [5.41, 5.74) is 1.29. The van der Waals surface area contributed by atoms with E-state index in [1.807, 2.05) is 18.4 Å². The molecule has 0 saturated heterocycles. The van der Waals surface area contributed by atoms with E-state index in [-0.39, 0.29) is 5.91 Å². The predicted molar refractivity (Wildman–Crippen MR) is 98.5 cm³/mol. The van der Waals surface area contributed by atoms with E-state index in [4.69, 9.17) is 11.6 Å². The Balaban J connectivity index is 1.89. The SMILES string of the molecule is CSc1ccc2nc(NC(=O)c3cc(Br)ccc3Cl)sc2c1. The predicted octanol–water partition coefficient (Wildman–Crippen LogP) is 5.69. The molecule has 0 atom stereocenters. The summed E-state index contributed by atoms with van der Waals surface area (Å²) in [6, 6.07) is 11.2. The van der Waals surface area contributed by atoms with Crippen molar-refractivity contribution in [2.75, 3.05) is 11.6 Å². The zero-order valence-electron chi connectivity index (χ0n) is 11.4. The second-order valence-electron chi connectivity index (χ2n) is 4.43. The minimum atomic E-state index is -0.268. The Hall–Kier alpha value is -1.08. The van der Waals surface area contributed by atoms with Crippen molar-refractivity contribution in [1.29, 1.82) is 0 Å². The van der Waals surface area contributed by atoms with Gasteiger partial charge in [0.2, 0.25) is 0 Å². The van der Waals surface area contributed by atoms with Gasteiger partial charge in [-0.15, -0.1) is 11.8 Å². The maximum atomic E-state index is 12.3. The van der Waals surface area contributed by atoms with Gasteiger partial charge < -0.3 is 0 Å². The summed E-state index contributed by atoms with van der Waals surface area (Å²) < 4.78 is 1.85. The molecule has 0 fully saturated rings. The average Bonchev–Trinajstić information content (AvgIpc) is 2.90. The van der Waals surface area contributed by atoms with Crippen LogP contribution in [0.1, 0.15) is 10.4 Å². The average molecular weight is 414 g/mol. The van der Waals surface area contributed by atoms with Crippen molar-refractivity contribution in [2.45, 2.75) is 4.90 Å². The number of carbonyl (C=O) groups is 1. The summed E-state index contributed by atoms with van der Waals surface area (Å²) in [6.07, 6.45) is 2.03.